The highest BCUT2D eigenvalue weighted by Gasteiger charge is 2.51. The molecule has 1 unspecified atom stereocenters. The van der Waals surface area contributed by atoms with Gasteiger partial charge in [-0.25, -0.2) is 13.3 Å². The molecular formula is C21H24N2O6S2. The summed E-state index contributed by atoms with van der Waals surface area (Å²) in [6, 6.07) is 7.89. The smallest absolute Gasteiger partial charge is 0.308 e. The molecule has 10 heteroatoms. The van der Waals surface area contributed by atoms with Gasteiger partial charge in [-0.05, 0) is 56.0 Å². The molecule has 1 fully saturated rings. The molecule has 2 heterocycles. The first-order chi connectivity index (χ1) is 14.5. The topological polar surface area (TPSA) is 101 Å². The highest BCUT2D eigenvalue weighted by Crippen LogP contribution is 2.37. The Labute approximate surface area is 185 Å². The van der Waals surface area contributed by atoms with Crippen molar-refractivity contribution in [1.29, 1.82) is 0 Å². The van der Waals surface area contributed by atoms with Crippen molar-refractivity contribution in [2.45, 2.75) is 56.3 Å². The number of amides is 2. The van der Waals surface area contributed by atoms with E-state index in [1.165, 1.54) is 41.6 Å². The lowest BCUT2D eigenvalue weighted by Crippen LogP contribution is -2.55. The molecule has 1 aromatic carbocycles. The molecule has 0 bridgehead atoms. The zero-order valence-corrected chi connectivity index (χ0v) is 19.3. The van der Waals surface area contributed by atoms with Crippen LogP contribution in [0.3, 0.4) is 0 Å². The maximum absolute atomic E-state index is 13.4. The van der Waals surface area contributed by atoms with E-state index in [0.29, 0.717) is 6.42 Å². The number of nitrogens with zero attached hydrogens (tertiary/aromatic N) is 2. The summed E-state index contributed by atoms with van der Waals surface area (Å²) in [5.74, 6) is -1.31. The first-order valence-electron chi connectivity index (χ1n) is 9.72. The average molecular weight is 465 g/mol. The number of esters is 1. The summed E-state index contributed by atoms with van der Waals surface area (Å²) in [4.78, 5) is 38.2. The highest BCUT2D eigenvalue weighted by atomic mass is 32.2. The standard InChI is InChI=1S/C21H24N2O6S2/c1-5-21(3,4)23(31(27,28)19-7-6-12-30-19)17-13-18(25)22(20(17)26)15-8-10-16(11-9-15)29-14(2)24/h6-12,17H,5,13H2,1-4H3. The zero-order chi connectivity index (χ0) is 23.0. The highest BCUT2D eigenvalue weighted by molar-refractivity contribution is 7.91. The van der Waals surface area contributed by atoms with E-state index in [2.05, 4.69) is 0 Å². The number of hydrogen-bond donors (Lipinski definition) is 0. The Morgan fingerprint density at radius 3 is 2.39 bits per heavy atom. The molecule has 2 amide bonds. The Morgan fingerprint density at radius 2 is 1.87 bits per heavy atom. The number of rotatable bonds is 7. The van der Waals surface area contributed by atoms with Crippen molar-refractivity contribution in [3.05, 3.63) is 41.8 Å². The van der Waals surface area contributed by atoms with Gasteiger partial charge in [-0.2, -0.15) is 4.31 Å². The quantitative estimate of drug-likeness (QED) is 0.354. The van der Waals surface area contributed by atoms with Crippen LogP contribution in [0.25, 0.3) is 0 Å². The van der Waals surface area contributed by atoms with Crippen molar-refractivity contribution >= 4 is 44.8 Å². The molecule has 3 rings (SSSR count). The number of imide groups is 1. The molecule has 1 aliphatic heterocycles. The van der Waals surface area contributed by atoms with E-state index in [0.717, 1.165) is 16.2 Å². The van der Waals surface area contributed by atoms with Crippen LogP contribution in [-0.4, -0.2) is 42.1 Å². The SMILES string of the molecule is CCC(C)(C)N(C1CC(=O)N(c2ccc(OC(C)=O)cc2)C1=O)S(=O)(=O)c1cccs1. The second-order valence-corrected chi connectivity index (χ2v) is 10.8. The Morgan fingerprint density at radius 1 is 1.23 bits per heavy atom. The Bertz CT molecular complexity index is 1090. The summed E-state index contributed by atoms with van der Waals surface area (Å²) in [5, 5.41) is 1.66. The third kappa shape index (κ3) is 4.41. The lowest BCUT2D eigenvalue weighted by atomic mass is 10.00. The number of thiophene rings is 1. The molecule has 0 radical (unpaired) electrons. The molecule has 1 atom stereocenters. The van der Waals surface area contributed by atoms with Gasteiger partial charge in [-0.3, -0.25) is 14.4 Å². The second-order valence-electron chi connectivity index (χ2n) is 7.77. The number of benzene rings is 1. The van der Waals surface area contributed by atoms with Crippen molar-refractivity contribution in [2.75, 3.05) is 4.90 Å². The largest absolute Gasteiger partial charge is 0.427 e. The third-order valence-corrected chi connectivity index (χ3v) is 8.73. The number of anilines is 1. The van der Waals surface area contributed by atoms with Crippen LogP contribution >= 0.6 is 11.3 Å². The first-order valence-corrected chi connectivity index (χ1v) is 12.0. The van der Waals surface area contributed by atoms with E-state index in [1.54, 1.807) is 25.3 Å². The normalized spacial score (nSPS) is 17.5. The van der Waals surface area contributed by atoms with Gasteiger partial charge in [-0.1, -0.05) is 13.0 Å². The van der Waals surface area contributed by atoms with Crippen LogP contribution in [0.5, 0.6) is 5.75 Å². The van der Waals surface area contributed by atoms with Crippen molar-refractivity contribution in [3.63, 3.8) is 0 Å². The van der Waals surface area contributed by atoms with Crippen molar-refractivity contribution in [2.24, 2.45) is 0 Å². The van der Waals surface area contributed by atoms with Gasteiger partial charge in [0.1, 0.15) is 16.0 Å². The summed E-state index contributed by atoms with van der Waals surface area (Å²) >= 11 is 1.07. The van der Waals surface area contributed by atoms with E-state index < -0.39 is 39.4 Å². The summed E-state index contributed by atoms with van der Waals surface area (Å²) < 4.78 is 33.1. The number of ether oxygens (including phenoxy) is 1. The van der Waals surface area contributed by atoms with Gasteiger partial charge in [0, 0.05) is 12.5 Å². The zero-order valence-electron chi connectivity index (χ0n) is 17.7. The number of hydrogen-bond acceptors (Lipinski definition) is 7. The van der Waals surface area contributed by atoms with Gasteiger partial charge < -0.3 is 4.74 Å². The third-order valence-electron chi connectivity index (χ3n) is 5.23. The van der Waals surface area contributed by atoms with E-state index >= 15 is 0 Å². The van der Waals surface area contributed by atoms with E-state index in [9.17, 15) is 22.8 Å². The van der Waals surface area contributed by atoms with Gasteiger partial charge in [0.25, 0.3) is 15.9 Å². The molecule has 0 N–H and O–H groups in total. The van der Waals surface area contributed by atoms with Crippen molar-refractivity contribution in [3.8, 4) is 5.75 Å². The maximum atomic E-state index is 13.4. The van der Waals surface area contributed by atoms with E-state index in [4.69, 9.17) is 4.74 Å². The number of sulfonamides is 1. The van der Waals surface area contributed by atoms with Crippen LogP contribution in [0.1, 0.15) is 40.5 Å². The summed E-state index contributed by atoms with van der Waals surface area (Å²) in [7, 11) is -4.00. The van der Waals surface area contributed by atoms with Gasteiger partial charge in [-0.15, -0.1) is 11.3 Å². The number of carbonyl (C=O) groups excluding carboxylic acids is 3. The summed E-state index contributed by atoms with van der Waals surface area (Å²) in [5.41, 5.74) is -0.602. The van der Waals surface area contributed by atoms with Crippen LogP contribution in [0.2, 0.25) is 0 Å². The minimum absolute atomic E-state index is 0.124. The van der Waals surface area contributed by atoms with Gasteiger partial charge in [0.05, 0.1) is 12.1 Å². The Hall–Kier alpha value is -2.56. The van der Waals surface area contributed by atoms with Crippen LogP contribution in [0, 0.1) is 0 Å². The van der Waals surface area contributed by atoms with E-state index in [1.807, 2.05) is 6.92 Å². The predicted octanol–water partition coefficient (Wildman–Crippen LogP) is 3.18. The van der Waals surface area contributed by atoms with Crippen molar-refractivity contribution < 1.29 is 27.5 Å². The fraction of sp³-hybridized carbons (Fsp3) is 0.381. The average Bonchev–Trinajstić information content (AvgIpc) is 3.32. The van der Waals surface area contributed by atoms with E-state index in [-0.39, 0.29) is 22.1 Å². The molecule has 1 saturated heterocycles. The van der Waals surface area contributed by atoms with Gasteiger partial charge in [0.2, 0.25) is 5.91 Å². The molecule has 8 nitrogen and oxygen atoms in total. The molecule has 1 aliphatic rings. The molecule has 0 spiro atoms. The Kier molecular flexibility index (Phi) is 6.35. The maximum Gasteiger partial charge on any atom is 0.308 e. The predicted molar refractivity (Wildman–Crippen MR) is 116 cm³/mol. The van der Waals surface area contributed by atoms with Crippen LogP contribution < -0.4 is 9.64 Å². The lowest BCUT2D eigenvalue weighted by Gasteiger charge is -2.39. The van der Waals surface area contributed by atoms with Crippen LogP contribution in [0.4, 0.5) is 5.69 Å². The fourth-order valence-electron chi connectivity index (χ4n) is 3.48. The molecule has 31 heavy (non-hydrogen) atoms. The molecule has 2 aromatic rings. The molecule has 1 aromatic heterocycles. The monoisotopic (exact) mass is 464 g/mol. The molecular weight excluding hydrogens is 440 g/mol. The van der Waals surface area contributed by atoms with Gasteiger partial charge >= 0.3 is 5.97 Å². The molecule has 0 aliphatic carbocycles. The first kappa shape index (κ1) is 23.1. The number of carbonyl (C=O) groups is 3. The second kappa shape index (κ2) is 8.52. The van der Waals surface area contributed by atoms with Crippen LogP contribution in [0.15, 0.2) is 46.0 Å². The summed E-state index contributed by atoms with van der Waals surface area (Å²) in [6.07, 6.45) is 0.200. The minimum atomic E-state index is -4.00. The Balaban J connectivity index is 1.98. The molecule has 0 saturated carbocycles. The lowest BCUT2D eigenvalue weighted by molar-refractivity contribution is -0.132. The van der Waals surface area contributed by atoms with Crippen LogP contribution in [-0.2, 0) is 24.4 Å². The summed E-state index contributed by atoms with van der Waals surface area (Å²) in [6.45, 7) is 6.59. The molecule has 166 valence electrons. The minimum Gasteiger partial charge on any atom is -0.427 e. The fourth-order valence-corrected chi connectivity index (χ4v) is 6.54. The van der Waals surface area contributed by atoms with Gasteiger partial charge in [0.15, 0.2) is 0 Å². The van der Waals surface area contributed by atoms with Crippen molar-refractivity contribution in [1.82, 2.24) is 4.31 Å².